The zero-order chi connectivity index (χ0) is 13.0. The lowest BCUT2D eigenvalue weighted by Crippen LogP contribution is -2.54. The number of piperidine rings is 1. The number of aliphatic hydroxyl groups excluding tert-OH is 1. The van der Waals surface area contributed by atoms with Gasteiger partial charge >= 0.3 is 5.97 Å². The fourth-order valence-corrected chi connectivity index (χ4v) is 3.22. The van der Waals surface area contributed by atoms with Crippen molar-refractivity contribution in [1.29, 1.82) is 0 Å². The Labute approximate surface area is 108 Å². The normalized spacial score (nSPS) is 33.6. The van der Waals surface area contributed by atoms with Gasteiger partial charge in [-0.1, -0.05) is 0 Å². The molecule has 18 heavy (non-hydrogen) atoms. The summed E-state index contributed by atoms with van der Waals surface area (Å²) >= 11 is 0. The molecule has 5 nitrogen and oxygen atoms in total. The second kappa shape index (κ2) is 6.50. The van der Waals surface area contributed by atoms with Crippen molar-refractivity contribution < 1.29 is 14.6 Å². The smallest absolute Gasteiger partial charge is 0.311 e. The highest BCUT2D eigenvalue weighted by molar-refractivity contribution is 5.73. The van der Waals surface area contributed by atoms with Gasteiger partial charge in [0.05, 0.1) is 19.1 Å². The second-order valence-corrected chi connectivity index (χ2v) is 5.14. The van der Waals surface area contributed by atoms with Gasteiger partial charge in [0, 0.05) is 18.6 Å². The maximum Gasteiger partial charge on any atom is 0.311 e. The average molecular weight is 256 g/mol. The zero-order valence-corrected chi connectivity index (χ0v) is 11.1. The van der Waals surface area contributed by atoms with E-state index in [0.29, 0.717) is 13.2 Å². The van der Waals surface area contributed by atoms with E-state index < -0.39 is 0 Å². The minimum Gasteiger partial charge on any atom is -0.466 e. The Balaban J connectivity index is 2.05. The number of hydrogen-bond donors (Lipinski definition) is 2. The first kappa shape index (κ1) is 13.8. The van der Waals surface area contributed by atoms with Gasteiger partial charge in [-0.05, 0) is 39.3 Å². The third kappa shape index (κ3) is 2.84. The van der Waals surface area contributed by atoms with E-state index in [2.05, 4.69) is 10.2 Å². The largest absolute Gasteiger partial charge is 0.466 e. The monoisotopic (exact) mass is 256 g/mol. The fourth-order valence-electron chi connectivity index (χ4n) is 3.22. The van der Waals surface area contributed by atoms with Gasteiger partial charge in [-0.2, -0.15) is 0 Å². The standard InChI is InChI=1S/C13H24N2O3/c1-2-18-13(17)11-8-14-6-5-12(11)15-7-3-4-10(15)9-16/h10-12,14,16H,2-9H2,1H3. The molecule has 0 saturated carbocycles. The van der Waals surface area contributed by atoms with Crippen LogP contribution < -0.4 is 5.32 Å². The molecule has 0 spiro atoms. The first-order valence-corrected chi connectivity index (χ1v) is 7.01. The Morgan fingerprint density at radius 2 is 2.33 bits per heavy atom. The SMILES string of the molecule is CCOC(=O)C1CNCCC1N1CCCC1CO. The number of nitrogens with one attached hydrogen (secondary N) is 1. The molecule has 2 saturated heterocycles. The zero-order valence-electron chi connectivity index (χ0n) is 11.1. The van der Waals surface area contributed by atoms with Gasteiger partial charge in [-0.3, -0.25) is 9.69 Å². The lowest BCUT2D eigenvalue weighted by atomic mass is 9.91. The van der Waals surface area contributed by atoms with Crippen LogP contribution in [0, 0.1) is 5.92 Å². The van der Waals surface area contributed by atoms with Crippen LogP contribution in [0.5, 0.6) is 0 Å². The molecule has 104 valence electrons. The average Bonchev–Trinajstić information content (AvgIpc) is 2.87. The van der Waals surface area contributed by atoms with Gasteiger partial charge in [0.2, 0.25) is 0 Å². The van der Waals surface area contributed by atoms with Crippen LogP contribution in [0.4, 0.5) is 0 Å². The third-order valence-electron chi connectivity index (χ3n) is 4.09. The molecule has 3 unspecified atom stereocenters. The van der Waals surface area contributed by atoms with Crippen LogP contribution in [-0.4, -0.2) is 60.9 Å². The molecule has 2 rings (SSSR count). The Kier molecular flexibility index (Phi) is 4.97. The van der Waals surface area contributed by atoms with Gasteiger partial charge in [-0.15, -0.1) is 0 Å². The molecule has 0 amide bonds. The van der Waals surface area contributed by atoms with Crippen LogP contribution in [-0.2, 0) is 9.53 Å². The lowest BCUT2D eigenvalue weighted by Gasteiger charge is -2.39. The Bertz CT molecular complexity index is 285. The lowest BCUT2D eigenvalue weighted by molar-refractivity contribution is -0.151. The van der Waals surface area contributed by atoms with Crippen molar-refractivity contribution in [2.45, 2.75) is 38.3 Å². The molecule has 0 aromatic carbocycles. The first-order valence-electron chi connectivity index (χ1n) is 7.01. The molecule has 2 aliphatic rings. The molecule has 0 bridgehead atoms. The number of ether oxygens (including phenoxy) is 1. The number of carbonyl (C=O) groups excluding carboxylic acids is 1. The molecule has 2 aliphatic heterocycles. The topological polar surface area (TPSA) is 61.8 Å². The second-order valence-electron chi connectivity index (χ2n) is 5.14. The molecule has 2 heterocycles. The van der Waals surface area contributed by atoms with E-state index in [0.717, 1.165) is 32.4 Å². The maximum absolute atomic E-state index is 12.0. The molecule has 0 radical (unpaired) electrons. The van der Waals surface area contributed by atoms with E-state index in [1.807, 2.05) is 6.92 Å². The number of rotatable bonds is 4. The van der Waals surface area contributed by atoms with Crippen LogP contribution in [0.15, 0.2) is 0 Å². The van der Waals surface area contributed by atoms with E-state index in [9.17, 15) is 9.90 Å². The van der Waals surface area contributed by atoms with Crippen molar-refractivity contribution in [3.8, 4) is 0 Å². The van der Waals surface area contributed by atoms with E-state index >= 15 is 0 Å². The Morgan fingerprint density at radius 3 is 3.06 bits per heavy atom. The number of carbonyl (C=O) groups is 1. The Morgan fingerprint density at radius 1 is 1.50 bits per heavy atom. The molecule has 0 aromatic heterocycles. The highest BCUT2D eigenvalue weighted by Gasteiger charge is 2.39. The summed E-state index contributed by atoms with van der Waals surface area (Å²) in [4.78, 5) is 14.3. The number of aliphatic hydroxyl groups is 1. The molecule has 5 heteroatoms. The summed E-state index contributed by atoms with van der Waals surface area (Å²) in [7, 11) is 0. The van der Waals surface area contributed by atoms with Crippen molar-refractivity contribution in [3.63, 3.8) is 0 Å². The highest BCUT2D eigenvalue weighted by atomic mass is 16.5. The van der Waals surface area contributed by atoms with E-state index in [1.54, 1.807) is 0 Å². The summed E-state index contributed by atoms with van der Waals surface area (Å²) in [5, 5.41) is 12.7. The predicted octanol–water partition coefficient (Wildman–Crippen LogP) is -0.0157. The number of nitrogens with zero attached hydrogens (tertiary/aromatic N) is 1. The summed E-state index contributed by atoms with van der Waals surface area (Å²) in [6.45, 7) is 5.10. The van der Waals surface area contributed by atoms with E-state index in [1.165, 1.54) is 0 Å². The van der Waals surface area contributed by atoms with Crippen LogP contribution in [0.2, 0.25) is 0 Å². The van der Waals surface area contributed by atoms with Gasteiger partial charge in [0.1, 0.15) is 0 Å². The van der Waals surface area contributed by atoms with E-state index in [-0.39, 0.29) is 30.6 Å². The van der Waals surface area contributed by atoms with E-state index in [4.69, 9.17) is 4.74 Å². The van der Waals surface area contributed by atoms with Gasteiger partial charge in [0.15, 0.2) is 0 Å². The van der Waals surface area contributed by atoms with Crippen LogP contribution in [0.1, 0.15) is 26.2 Å². The van der Waals surface area contributed by atoms with Crippen molar-refractivity contribution in [2.24, 2.45) is 5.92 Å². The summed E-state index contributed by atoms with van der Waals surface area (Å²) in [6.07, 6.45) is 3.11. The van der Waals surface area contributed by atoms with Gasteiger partial charge < -0.3 is 15.2 Å². The third-order valence-corrected chi connectivity index (χ3v) is 4.09. The predicted molar refractivity (Wildman–Crippen MR) is 68.2 cm³/mol. The van der Waals surface area contributed by atoms with Crippen molar-refractivity contribution >= 4 is 5.97 Å². The molecular weight excluding hydrogens is 232 g/mol. The minimum absolute atomic E-state index is 0.0918. The fraction of sp³-hybridized carbons (Fsp3) is 0.923. The minimum atomic E-state index is -0.0988. The highest BCUT2D eigenvalue weighted by Crippen LogP contribution is 2.27. The van der Waals surface area contributed by atoms with Crippen LogP contribution in [0.25, 0.3) is 0 Å². The van der Waals surface area contributed by atoms with Crippen molar-refractivity contribution in [3.05, 3.63) is 0 Å². The first-order chi connectivity index (χ1) is 8.77. The van der Waals surface area contributed by atoms with Crippen LogP contribution in [0.3, 0.4) is 0 Å². The van der Waals surface area contributed by atoms with Crippen LogP contribution >= 0.6 is 0 Å². The summed E-state index contributed by atoms with van der Waals surface area (Å²) < 4.78 is 5.17. The number of likely N-dealkylation sites (tertiary alicyclic amines) is 1. The quantitative estimate of drug-likeness (QED) is 0.693. The summed E-state index contributed by atoms with van der Waals surface area (Å²) in [5.74, 6) is -0.191. The van der Waals surface area contributed by atoms with Crippen molar-refractivity contribution in [1.82, 2.24) is 10.2 Å². The summed E-state index contributed by atoms with van der Waals surface area (Å²) in [5.41, 5.74) is 0. The molecule has 0 aromatic rings. The number of esters is 1. The van der Waals surface area contributed by atoms with Gasteiger partial charge in [0.25, 0.3) is 0 Å². The molecular formula is C13H24N2O3. The molecule has 3 atom stereocenters. The summed E-state index contributed by atoms with van der Waals surface area (Å²) in [6, 6.07) is 0.454. The Hall–Kier alpha value is -0.650. The van der Waals surface area contributed by atoms with Crippen molar-refractivity contribution in [2.75, 3.05) is 32.8 Å². The molecule has 0 aliphatic carbocycles. The maximum atomic E-state index is 12.0. The van der Waals surface area contributed by atoms with Gasteiger partial charge in [-0.25, -0.2) is 0 Å². The molecule has 2 fully saturated rings. The number of hydrogen-bond acceptors (Lipinski definition) is 5. The molecule has 2 N–H and O–H groups in total.